The van der Waals surface area contributed by atoms with Crippen LogP contribution < -0.4 is 0 Å². The molecule has 2 aromatic carbocycles. The van der Waals surface area contributed by atoms with Crippen molar-refractivity contribution < 1.29 is 4.39 Å². The fourth-order valence-electron chi connectivity index (χ4n) is 1.36. The average Bonchev–Trinajstić information content (AvgIpc) is 2.23. The van der Waals surface area contributed by atoms with Gasteiger partial charge in [0.25, 0.3) is 0 Å². The summed E-state index contributed by atoms with van der Waals surface area (Å²) in [7, 11) is 0. The molecule has 0 saturated carbocycles. The summed E-state index contributed by atoms with van der Waals surface area (Å²) in [6.07, 6.45) is 0. The molecule has 0 fully saturated rings. The molecule has 2 heteroatoms. The molecule has 0 nitrogen and oxygen atoms in total. The number of hydrogen-bond acceptors (Lipinski definition) is 1. The van der Waals surface area contributed by atoms with E-state index in [0.29, 0.717) is 0 Å². The number of benzene rings is 2. The molecule has 0 atom stereocenters. The summed E-state index contributed by atoms with van der Waals surface area (Å²) in [6.45, 7) is 0. The van der Waals surface area contributed by atoms with Gasteiger partial charge in [0.1, 0.15) is 5.82 Å². The zero-order chi connectivity index (χ0) is 9.97. The van der Waals surface area contributed by atoms with Gasteiger partial charge in [0.2, 0.25) is 0 Å². The van der Waals surface area contributed by atoms with Crippen molar-refractivity contribution >= 4 is 12.6 Å². The lowest BCUT2D eigenvalue weighted by atomic mass is 10.1. The van der Waals surface area contributed by atoms with E-state index in [2.05, 4.69) is 12.6 Å². The van der Waals surface area contributed by atoms with Crippen molar-refractivity contribution in [3.63, 3.8) is 0 Å². The van der Waals surface area contributed by atoms with Crippen LogP contribution in [0.5, 0.6) is 0 Å². The van der Waals surface area contributed by atoms with E-state index < -0.39 is 0 Å². The molecule has 14 heavy (non-hydrogen) atoms. The van der Waals surface area contributed by atoms with E-state index in [-0.39, 0.29) is 5.82 Å². The zero-order valence-corrected chi connectivity index (χ0v) is 8.34. The van der Waals surface area contributed by atoms with Crippen LogP contribution >= 0.6 is 12.6 Å². The van der Waals surface area contributed by atoms with Gasteiger partial charge in [-0.1, -0.05) is 30.3 Å². The van der Waals surface area contributed by atoms with E-state index in [1.165, 1.54) is 12.1 Å². The highest BCUT2D eigenvalue weighted by Gasteiger charge is 2.02. The van der Waals surface area contributed by atoms with Crippen molar-refractivity contribution in [2.45, 2.75) is 4.90 Å². The molecule has 0 spiro atoms. The van der Waals surface area contributed by atoms with Gasteiger partial charge in [0.05, 0.1) is 0 Å². The SMILES string of the molecule is Fc1ccc(S)c(-c2ccccc2)c1. The lowest BCUT2D eigenvalue weighted by Gasteiger charge is -2.04. The summed E-state index contributed by atoms with van der Waals surface area (Å²) in [5.74, 6) is -0.235. The summed E-state index contributed by atoms with van der Waals surface area (Å²) in [5.41, 5.74) is 1.81. The van der Waals surface area contributed by atoms with E-state index in [1.807, 2.05) is 30.3 Å². The number of halogens is 1. The lowest BCUT2D eigenvalue weighted by Crippen LogP contribution is -1.82. The molecule has 0 unspecified atom stereocenters. The highest BCUT2D eigenvalue weighted by molar-refractivity contribution is 7.80. The van der Waals surface area contributed by atoms with Gasteiger partial charge in [-0.3, -0.25) is 0 Å². The van der Waals surface area contributed by atoms with E-state index in [9.17, 15) is 4.39 Å². The first kappa shape index (κ1) is 9.28. The summed E-state index contributed by atoms with van der Waals surface area (Å²) < 4.78 is 13.0. The first-order valence-corrected chi connectivity index (χ1v) is 4.76. The predicted octanol–water partition coefficient (Wildman–Crippen LogP) is 3.78. The quantitative estimate of drug-likeness (QED) is 0.671. The second-order valence-corrected chi connectivity index (χ2v) is 3.51. The monoisotopic (exact) mass is 204 g/mol. The minimum Gasteiger partial charge on any atom is -0.207 e. The standard InChI is InChI=1S/C12H9FS/c13-10-6-7-12(14)11(8-10)9-4-2-1-3-5-9/h1-8,14H. The van der Waals surface area contributed by atoms with Gasteiger partial charge in [-0.05, 0) is 29.3 Å². The molecular weight excluding hydrogens is 195 g/mol. The van der Waals surface area contributed by atoms with Crippen LogP contribution in [0, 0.1) is 5.82 Å². The molecule has 0 saturated heterocycles. The fraction of sp³-hybridized carbons (Fsp3) is 0. The van der Waals surface area contributed by atoms with E-state index in [4.69, 9.17) is 0 Å². The van der Waals surface area contributed by atoms with Crippen LogP contribution in [-0.2, 0) is 0 Å². The third-order valence-corrected chi connectivity index (χ3v) is 2.43. The van der Waals surface area contributed by atoms with Crippen LogP contribution in [0.2, 0.25) is 0 Å². The van der Waals surface area contributed by atoms with Crippen LogP contribution in [0.25, 0.3) is 11.1 Å². The Hall–Kier alpha value is -1.28. The second-order valence-electron chi connectivity index (χ2n) is 3.03. The smallest absolute Gasteiger partial charge is 0.123 e. The summed E-state index contributed by atoms with van der Waals surface area (Å²) in [6, 6.07) is 14.2. The van der Waals surface area contributed by atoms with E-state index in [1.54, 1.807) is 6.07 Å². The maximum absolute atomic E-state index is 13.0. The summed E-state index contributed by atoms with van der Waals surface area (Å²) in [5, 5.41) is 0. The third-order valence-electron chi connectivity index (χ3n) is 2.04. The minimum absolute atomic E-state index is 0.235. The first-order valence-electron chi connectivity index (χ1n) is 4.31. The number of hydrogen-bond donors (Lipinski definition) is 1. The molecule has 0 N–H and O–H groups in total. The van der Waals surface area contributed by atoms with E-state index in [0.717, 1.165) is 16.0 Å². The average molecular weight is 204 g/mol. The number of rotatable bonds is 1. The van der Waals surface area contributed by atoms with Gasteiger partial charge in [0, 0.05) is 4.90 Å². The van der Waals surface area contributed by atoms with Crippen molar-refractivity contribution in [2.75, 3.05) is 0 Å². The normalized spacial score (nSPS) is 10.1. The van der Waals surface area contributed by atoms with Gasteiger partial charge in [-0.25, -0.2) is 4.39 Å². The Labute approximate surface area is 87.8 Å². The van der Waals surface area contributed by atoms with E-state index >= 15 is 0 Å². The van der Waals surface area contributed by atoms with Crippen molar-refractivity contribution in [1.29, 1.82) is 0 Å². The highest BCUT2D eigenvalue weighted by Crippen LogP contribution is 2.26. The van der Waals surface area contributed by atoms with Crippen molar-refractivity contribution in [3.05, 3.63) is 54.3 Å². The Kier molecular flexibility index (Phi) is 2.55. The Bertz CT molecular complexity index is 437. The van der Waals surface area contributed by atoms with Crippen LogP contribution in [0.4, 0.5) is 4.39 Å². The van der Waals surface area contributed by atoms with Crippen LogP contribution in [-0.4, -0.2) is 0 Å². The minimum atomic E-state index is -0.235. The van der Waals surface area contributed by atoms with Gasteiger partial charge < -0.3 is 0 Å². The van der Waals surface area contributed by atoms with Crippen molar-refractivity contribution in [2.24, 2.45) is 0 Å². The van der Waals surface area contributed by atoms with Crippen LogP contribution in [0.3, 0.4) is 0 Å². The zero-order valence-electron chi connectivity index (χ0n) is 7.44. The third kappa shape index (κ3) is 1.80. The molecule has 0 aliphatic carbocycles. The van der Waals surface area contributed by atoms with Crippen LogP contribution in [0.1, 0.15) is 0 Å². The molecule has 0 bridgehead atoms. The molecule has 0 amide bonds. The van der Waals surface area contributed by atoms with Crippen LogP contribution in [0.15, 0.2) is 53.4 Å². The fourth-order valence-corrected chi connectivity index (χ4v) is 1.63. The first-order chi connectivity index (χ1) is 6.77. The Morgan fingerprint density at radius 1 is 0.929 bits per heavy atom. The summed E-state index contributed by atoms with van der Waals surface area (Å²) in [4.78, 5) is 0.789. The summed E-state index contributed by atoms with van der Waals surface area (Å²) >= 11 is 4.29. The van der Waals surface area contributed by atoms with Gasteiger partial charge in [0.15, 0.2) is 0 Å². The molecule has 0 aliphatic heterocycles. The molecule has 0 radical (unpaired) electrons. The maximum atomic E-state index is 13.0. The highest BCUT2D eigenvalue weighted by atomic mass is 32.1. The Morgan fingerprint density at radius 2 is 1.64 bits per heavy atom. The molecule has 0 heterocycles. The molecule has 70 valence electrons. The number of thiol groups is 1. The predicted molar refractivity (Wildman–Crippen MR) is 59.1 cm³/mol. The molecule has 0 aliphatic rings. The molecular formula is C12H9FS. The Morgan fingerprint density at radius 3 is 2.36 bits per heavy atom. The van der Waals surface area contributed by atoms with Crippen molar-refractivity contribution in [1.82, 2.24) is 0 Å². The van der Waals surface area contributed by atoms with Gasteiger partial charge in [-0.15, -0.1) is 12.6 Å². The topological polar surface area (TPSA) is 0 Å². The molecule has 0 aromatic heterocycles. The second kappa shape index (κ2) is 3.84. The largest absolute Gasteiger partial charge is 0.207 e. The maximum Gasteiger partial charge on any atom is 0.123 e. The lowest BCUT2D eigenvalue weighted by molar-refractivity contribution is 0.627. The molecule has 2 aromatic rings. The van der Waals surface area contributed by atoms with Gasteiger partial charge in [-0.2, -0.15) is 0 Å². The van der Waals surface area contributed by atoms with Crippen molar-refractivity contribution in [3.8, 4) is 11.1 Å². The molecule has 2 rings (SSSR count). The van der Waals surface area contributed by atoms with Gasteiger partial charge >= 0.3 is 0 Å². The Balaban J connectivity index is 2.57.